The number of carboxylic acids is 1. The van der Waals surface area contributed by atoms with Gasteiger partial charge < -0.3 is 14.9 Å². The zero-order valence-corrected chi connectivity index (χ0v) is 12.4. The van der Waals surface area contributed by atoms with Crippen LogP contribution in [-0.4, -0.2) is 28.4 Å². The second-order valence-corrected chi connectivity index (χ2v) is 5.71. The van der Waals surface area contributed by atoms with Crippen LogP contribution in [0.4, 0.5) is 0 Å². The maximum Gasteiger partial charge on any atom is 0.339 e. The molecule has 106 valence electrons. The molecule has 1 unspecified atom stereocenters. The number of aromatic carboxylic acids is 1. The van der Waals surface area contributed by atoms with E-state index in [2.05, 4.69) is 0 Å². The second-order valence-electron chi connectivity index (χ2n) is 4.87. The molecule has 0 bridgehead atoms. The Kier molecular flexibility index (Phi) is 5.07. The van der Waals surface area contributed by atoms with Crippen LogP contribution >= 0.6 is 23.2 Å². The lowest BCUT2D eigenvalue weighted by Gasteiger charge is -2.28. The lowest BCUT2D eigenvalue weighted by Crippen LogP contribution is -2.38. The summed E-state index contributed by atoms with van der Waals surface area (Å²) in [7, 11) is 0. The van der Waals surface area contributed by atoms with Crippen LogP contribution in [0.15, 0.2) is 12.1 Å². The minimum Gasteiger partial charge on any atom is -0.488 e. The van der Waals surface area contributed by atoms with E-state index < -0.39 is 11.6 Å². The van der Waals surface area contributed by atoms with Gasteiger partial charge in [-0.05, 0) is 25.0 Å². The second kappa shape index (κ2) is 5.99. The summed E-state index contributed by atoms with van der Waals surface area (Å²) in [5.41, 5.74) is -1.21. The first-order valence-electron chi connectivity index (χ1n) is 5.72. The average Bonchev–Trinajstić information content (AvgIpc) is 2.26. The fraction of sp³-hybridized carbons (Fsp3) is 0.462. The van der Waals surface area contributed by atoms with Gasteiger partial charge in [-0.25, -0.2) is 4.79 Å². The van der Waals surface area contributed by atoms with Crippen molar-refractivity contribution in [2.45, 2.75) is 26.4 Å². The highest BCUT2D eigenvalue weighted by Crippen LogP contribution is 2.33. The number of aliphatic hydroxyl groups is 1. The van der Waals surface area contributed by atoms with E-state index in [0.29, 0.717) is 0 Å². The van der Waals surface area contributed by atoms with E-state index in [0.717, 1.165) is 0 Å². The van der Waals surface area contributed by atoms with E-state index in [4.69, 9.17) is 33.0 Å². The minimum atomic E-state index is -1.19. The third-order valence-corrected chi connectivity index (χ3v) is 3.49. The van der Waals surface area contributed by atoms with Gasteiger partial charge in [0, 0.05) is 5.02 Å². The van der Waals surface area contributed by atoms with Crippen LogP contribution in [0.5, 0.6) is 5.75 Å². The Labute approximate surface area is 121 Å². The zero-order chi connectivity index (χ0) is 14.8. The summed E-state index contributed by atoms with van der Waals surface area (Å²) in [6.45, 7) is 5.23. The van der Waals surface area contributed by atoms with Gasteiger partial charge in [0.1, 0.15) is 12.2 Å². The van der Waals surface area contributed by atoms with Crippen LogP contribution in [0.25, 0.3) is 0 Å². The van der Waals surface area contributed by atoms with E-state index in [1.165, 1.54) is 12.1 Å². The lowest BCUT2D eigenvalue weighted by atomic mass is 9.94. The number of hydrogen-bond donors (Lipinski definition) is 2. The largest absolute Gasteiger partial charge is 0.488 e. The summed E-state index contributed by atoms with van der Waals surface area (Å²) in [5.74, 6) is -1.23. The molecule has 0 aliphatic heterocycles. The number of carbonyl (C=O) groups is 1. The van der Waals surface area contributed by atoms with Crippen LogP contribution in [0.1, 0.15) is 31.1 Å². The smallest absolute Gasteiger partial charge is 0.339 e. The molecule has 0 heterocycles. The van der Waals surface area contributed by atoms with Gasteiger partial charge in [0.15, 0.2) is 5.75 Å². The molecule has 0 saturated heterocycles. The van der Waals surface area contributed by atoms with Gasteiger partial charge in [-0.3, -0.25) is 0 Å². The predicted octanol–water partition coefficient (Wildman–Crippen LogP) is 3.48. The monoisotopic (exact) mass is 306 g/mol. The molecular formula is C13H16Cl2O4. The number of rotatable bonds is 5. The summed E-state index contributed by atoms with van der Waals surface area (Å²) in [5, 5.41) is 19.5. The molecule has 19 heavy (non-hydrogen) atoms. The molecule has 1 rings (SSSR count). The van der Waals surface area contributed by atoms with Crippen molar-refractivity contribution in [3.8, 4) is 5.75 Å². The Balaban J connectivity index is 3.04. The Morgan fingerprint density at radius 3 is 2.47 bits per heavy atom. The quantitative estimate of drug-likeness (QED) is 0.874. The van der Waals surface area contributed by atoms with Gasteiger partial charge in [0.25, 0.3) is 0 Å². The molecule has 0 spiro atoms. The van der Waals surface area contributed by atoms with E-state index in [1.54, 1.807) is 6.92 Å². The molecule has 0 aromatic heterocycles. The van der Waals surface area contributed by atoms with Gasteiger partial charge in [-0.15, -0.1) is 0 Å². The molecular weight excluding hydrogens is 291 g/mol. The first kappa shape index (κ1) is 16.1. The molecule has 0 aliphatic carbocycles. The van der Waals surface area contributed by atoms with Crippen molar-refractivity contribution in [3.05, 3.63) is 27.7 Å². The predicted molar refractivity (Wildman–Crippen MR) is 74.4 cm³/mol. The summed E-state index contributed by atoms with van der Waals surface area (Å²) in [6.07, 6.45) is 0. The molecule has 0 fully saturated rings. The SMILES string of the molecule is CC(C)C(C)(O)COc1c(Cl)cc(Cl)cc1C(=O)O. The molecule has 0 radical (unpaired) electrons. The molecule has 0 aliphatic rings. The molecule has 6 heteroatoms. The minimum absolute atomic E-state index is 0.0134. The van der Waals surface area contributed by atoms with Crippen LogP contribution in [-0.2, 0) is 0 Å². The molecule has 0 saturated carbocycles. The van der Waals surface area contributed by atoms with Gasteiger partial charge in [0.2, 0.25) is 0 Å². The number of carboxylic acid groups (broad SMARTS) is 1. The van der Waals surface area contributed by atoms with Crippen molar-refractivity contribution >= 4 is 29.2 Å². The molecule has 0 amide bonds. The number of ether oxygens (including phenoxy) is 1. The molecule has 1 aromatic rings. The maximum atomic E-state index is 11.1. The maximum absolute atomic E-state index is 11.1. The highest BCUT2D eigenvalue weighted by molar-refractivity contribution is 6.36. The van der Waals surface area contributed by atoms with Crippen LogP contribution < -0.4 is 4.74 Å². The Bertz CT molecular complexity index is 484. The fourth-order valence-electron chi connectivity index (χ4n) is 1.25. The first-order chi connectivity index (χ1) is 8.65. The Morgan fingerprint density at radius 2 is 2.00 bits per heavy atom. The van der Waals surface area contributed by atoms with Crippen molar-refractivity contribution in [1.82, 2.24) is 0 Å². The molecule has 1 aromatic carbocycles. The standard InChI is InChI=1S/C13H16Cl2O4/c1-7(2)13(3,18)6-19-11-9(12(16)17)4-8(14)5-10(11)15/h4-5,7,18H,6H2,1-3H3,(H,16,17). The van der Waals surface area contributed by atoms with Gasteiger partial charge >= 0.3 is 5.97 Å². The summed E-state index contributed by atoms with van der Waals surface area (Å²) in [6, 6.07) is 2.66. The highest BCUT2D eigenvalue weighted by Gasteiger charge is 2.27. The summed E-state index contributed by atoms with van der Waals surface area (Å²) < 4.78 is 5.39. The van der Waals surface area contributed by atoms with Crippen molar-refractivity contribution in [2.24, 2.45) is 5.92 Å². The number of benzene rings is 1. The Morgan fingerprint density at radius 1 is 1.42 bits per heavy atom. The van der Waals surface area contributed by atoms with Gasteiger partial charge in [0.05, 0.1) is 10.6 Å². The molecule has 2 N–H and O–H groups in total. The van der Waals surface area contributed by atoms with E-state index >= 15 is 0 Å². The van der Waals surface area contributed by atoms with Crippen molar-refractivity contribution in [2.75, 3.05) is 6.61 Å². The van der Waals surface area contributed by atoms with E-state index in [1.807, 2.05) is 13.8 Å². The lowest BCUT2D eigenvalue weighted by molar-refractivity contribution is -0.0269. The van der Waals surface area contributed by atoms with Crippen molar-refractivity contribution in [3.63, 3.8) is 0 Å². The normalized spacial score (nSPS) is 14.3. The van der Waals surface area contributed by atoms with Crippen LogP contribution in [0.3, 0.4) is 0 Å². The average molecular weight is 307 g/mol. The van der Waals surface area contributed by atoms with Crippen LogP contribution in [0, 0.1) is 5.92 Å². The van der Waals surface area contributed by atoms with E-state index in [9.17, 15) is 9.90 Å². The summed E-state index contributed by atoms with van der Waals surface area (Å²) in [4.78, 5) is 11.1. The zero-order valence-electron chi connectivity index (χ0n) is 10.9. The first-order valence-corrected chi connectivity index (χ1v) is 6.48. The van der Waals surface area contributed by atoms with Gasteiger partial charge in [-0.1, -0.05) is 37.0 Å². The van der Waals surface area contributed by atoms with Crippen molar-refractivity contribution < 1.29 is 19.7 Å². The third-order valence-electron chi connectivity index (χ3n) is 2.99. The topological polar surface area (TPSA) is 66.8 Å². The third kappa shape index (κ3) is 4.00. The molecule has 1 atom stereocenters. The van der Waals surface area contributed by atoms with E-state index in [-0.39, 0.29) is 33.9 Å². The number of halogens is 2. The highest BCUT2D eigenvalue weighted by atomic mass is 35.5. The Hall–Kier alpha value is -0.970. The fourth-order valence-corrected chi connectivity index (χ4v) is 1.80. The van der Waals surface area contributed by atoms with Gasteiger partial charge in [-0.2, -0.15) is 0 Å². The van der Waals surface area contributed by atoms with Crippen LogP contribution in [0.2, 0.25) is 10.0 Å². The van der Waals surface area contributed by atoms with Crippen molar-refractivity contribution in [1.29, 1.82) is 0 Å². The molecule has 4 nitrogen and oxygen atoms in total. The number of hydrogen-bond acceptors (Lipinski definition) is 3. The summed E-state index contributed by atoms with van der Waals surface area (Å²) >= 11 is 11.7.